The Kier molecular flexibility index (Phi) is 2.62. The minimum atomic E-state index is -0.850. The summed E-state index contributed by atoms with van der Waals surface area (Å²) in [5, 5.41) is 2.89. The molecule has 1 unspecified atom stereocenters. The standard InChI is InChI=1S/C9H16N2O2S/c1-14(13)11-4-2-9(3-5-11)6-8(12)10-7-9/h2-7H2,1H3,(H,10,12). The largest absolute Gasteiger partial charge is 0.356 e. The number of amides is 1. The Labute approximate surface area is 86.6 Å². The SMILES string of the molecule is CS(=O)N1CCC2(CC1)CNC(=O)C2. The summed E-state index contributed by atoms with van der Waals surface area (Å²) in [6, 6.07) is 0. The Balaban J connectivity index is 1.95. The molecule has 0 bridgehead atoms. The smallest absolute Gasteiger partial charge is 0.220 e. The van der Waals surface area contributed by atoms with Crippen LogP contribution in [0.5, 0.6) is 0 Å². The van der Waals surface area contributed by atoms with Gasteiger partial charge in [0.2, 0.25) is 5.91 Å². The first-order valence-electron chi connectivity index (χ1n) is 4.97. The summed E-state index contributed by atoms with van der Waals surface area (Å²) in [5.74, 6) is 0.177. The molecule has 4 nitrogen and oxygen atoms in total. The van der Waals surface area contributed by atoms with E-state index in [1.54, 1.807) is 6.26 Å². The molecule has 1 spiro atoms. The van der Waals surface area contributed by atoms with Crippen molar-refractivity contribution in [1.29, 1.82) is 0 Å². The number of hydrogen-bond donors (Lipinski definition) is 1. The van der Waals surface area contributed by atoms with Crippen LogP contribution in [0.2, 0.25) is 0 Å². The van der Waals surface area contributed by atoms with Gasteiger partial charge in [-0.15, -0.1) is 0 Å². The van der Waals surface area contributed by atoms with E-state index in [1.807, 2.05) is 4.31 Å². The number of piperidine rings is 1. The van der Waals surface area contributed by atoms with Gasteiger partial charge in [0, 0.05) is 32.3 Å². The summed E-state index contributed by atoms with van der Waals surface area (Å²) < 4.78 is 13.2. The molecule has 0 aromatic rings. The summed E-state index contributed by atoms with van der Waals surface area (Å²) in [7, 11) is -0.850. The van der Waals surface area contributed by atoms with Gasteiger partial charge in [0.25, 0.3) is 0 Å². The highest BCUT2D eigenvalue weighted by Crippen LogP contribution is 2.37. The number of hydrogen-bond acceptors (Lipinski definition) is 2. The highest BCUT2D eigenvalue weighted by molar-refractivity contribution is 7.81. The fourth-order valence-electron chi connectivity index (χ4n) is 2.32. The molecule has 2 heterocycles. The minimum Gasteiger partial charge on any atom is -0.356 e. The van der Waals surface area contributed by atoms with Crippen molar-refractivity contribution in [3.63, 3.8) is 0 Å². The van der Waals surface area contributed by atoms with Crippen LogP contribution in [0.25, 0.3) is 0 Å². The van der Waals surface area contributed by atoms with Gasteiger partial charge in [-0.05, 0) is 18.3 Å². The van der Waals surface area contributed by atoms with Crippen LogP contribution in [0.3, 0.4) is 0 Å². The molecular weight excluding hydrogens is 200 g/mol. The predicted molar refractivity (Wildman–Crippen MR) is 54.9 cm³/mol. The van der Waals surface area contributed by atoms with Gasteiger partial charge < -0.3 is 5.32 Å². The summed E-state index contributed by atoms with van der Waals surface area (Å²) >= 11 is 0. The van der Waals surface area contributed by atoms with Crippen LogP contribution in [-0.4, -0.2) is 40.3 Å². The molecule has 1 N–H and O–H groups in total. The molecule has 2 fully saturated rings. The second-order valence-electron chi connectivity index (χ2n) is 4.31. The van der Waals surface area contributed by atoms with Gasteiger partial charge in [0.15, 0.2) is 0 Å². The van der Waals surface area contributed by atoms with E-state index in [0.29, 0.717) is 6.42 Å². The number of carbonyl (C=O) groups is 1. The monoisotopic (exact) mass is 216 g/mol. The first kappa shape index (κ1) is 10.1. The molecule has 0 radical (unpaired) electrons. The average Bonchev–Trinajstić information content (AvgIpc) is 2.48. The van der Waals surface area contributed by atoms with E-state index in [1.165, 1.54) is 0 Å². The van der Waals surface area contributed by atoms with Crippen molar-refractivity contribution in [3.8, 4) is 0 Å². The van der Waals surface area contributed by atoms with E-state index in [4.69, 9.17) is 0 Å². The number of nitrogens with one attached hydrogen (secondary N) is 1. The lowest BCUT2D eigenvalue weighted by Gasteiger charge is -2.36. The maximum atomic E-state index is 11.2. The van der Waals surface area contributed by atoms with Crippen molar-refractivity contribution in [3.05, 3.63) is 0 Å². The maximum absolute atomic E-state index is 11.2. The summed E-state index contributed by atoms with van der Waals surface area (Å²) in [5.41, 5.74) is 0.174. The Morgan fingerprint density at radius 2 is 2.07 bits per heavy atom. The molecule has 80 valence electrons. The Bertz CT molecular complexity index is 272. The second-order valence-corrected chi connectivity index (χ2v) is 5.67. The van der Waals surface area contributed by atoms with E-state index < -0.39 is 11.0 Å². The minimum absolute atomic E-state index is 0.174. The van der Waals surface area contributed by atoms with Crippen LogP contribution < -0.4 is 5.32 Å². The van der Waals surface area contributed by atoms with Crippen LogP contribution in [0, 0.1) is 5.41 Å². The molecule has 0 saturated carbocycles. The third kappa shape index (κ3) is 1.83. The molecular formula is C9H16N2O2S. The summed E-state index contributed by atoms with van der Waals surface area (Å²) in [6.45, 7) is 2.53. The number of rotatable bonds is 1. The lowest BCUT2D eigenvalue weighted by Crippen LogP contribution is -2.41. The van der Waals surface area contributed by atoms with Gasteiger partial charge in [-0.25, -0.2) is 8.51 Å². The van der Waals surface area contributed by atoms with Gasteiger partial charge in [-0.2, -0.15) is 0 Å². The third-order valence-electron chi connectivity index (χ3n) is 3.34. The quantitative estimate of drug-likeness (QED) is 0.664. The molecule has 0 aliphatic carbocycles. The van der Waals surface area contributed by atoms with Gasteiger partial charge in [-0.3, -0.25) is 4.79 Å². The third-order valence-corrected chi connectivity index (χ3v) is 4.44. The number of carbonyl (C=O) groups excluding carboxylic acids is 1. The highest BCUT2D eigenvalue weighted by atomic mass is 32.2. The zero-order valence-corrected chi connectivity index (χ0v) is 9.23. The Morgan fingerprint density at radius 1 is 1.43 bits per heavy atom. The first-order valence-corrected chi connectivity index (χ1v) is 6.48. The van der Waals surface area contributed by atoms with Crippen LogP contribution in [0.15, 0.2) is 0 Å². The molecule has 1 atom stereocenters. The van der Waals surface area contributed by atoms with Crippen LogP contribution >= 0.6 is 0 Å². The van der Waals surface area contributed by atoms with Crippen molar-refractivity contribution < 1.29 is 9.00 Å². The average molecular weight is 216 g/mol. The molecule has 5 heteroatoms. The summed E-state index contributed by atoms with van der Waals surface area (Å²) in [4.78, 5) is 11.1. The molecule has 0 aromatic carbocycles. The zero-order valence-electron chi connectivity index (χ0n) is 8.41. The molecule has 2 saturated heterocycles. The van der Waals surface area contributed by atoms with Gasteiger partial charge in [0.1, 0.15) is 0 Å². The molecule has 2 aliphatic rings. The molecule has 2 rings (SSSR count). The molecule has 0 aromatic heterocycles. The van der Waals surface area contributed by atoms with E-state index in [2.05, 4.69) is 5.32 Å². The topological polar surface area (TPSA) is 49.4 Å². The van der Waals surface area contributed by atoms with Crippen molar-refractivity contribution in [2.75, 3.05) is 25.9 Å². The van der Waals surface area contributed by atoms with E-state index >= 15 is 0 Å². The van der Waals surface area contributed by atoms with Gasteiger partial charge in [0.05, 0.1) is 11.0 Å². The summed E-state index contributed by atoms with van der Waals surface area (Å²) in [6.07, 6.45) is 4.36. The highest BCUT2D eigenvalue weighted by Gasteiger charge is 2.41. The Morgan fingerprint density at radius 3 is 2.50 bits per heavy atom. The van der Waals surface area contributed by atoms with Crippen LogP contribution in [0.4, 0.5) is 0 Å². The lowest BCUT2D eigenvalue weighted by atomic mass is 9.78. The van der Waals surface area contributed by atoms with Crippen molar-refractivity contribution in [2.24, 2.45) is 5.41 Å². The predicted octanol–water partition coefficient (Wildman–Crippen LogP) is -0.118. The fourth-order valence-corrected chi connectivity index (χ4v) is 3.02. The zero-order chi connectivity index (χ0) is 10.2. The Hall–Kier alpha value is -0.420. The van der Waals surface area contributed by atoms with Crippen LogP contribution in [-0.2, 0) is 15.8 Å². The fraction of sp³-hybridized carbons (Fsp3) is 0.889. The van der Waals surface area contributed by atoms with E-state index in [0.717, 1.165) is 32.5 Å². The van der Waals surface area contributed by atoms with E-state index in [-0.39, 0.29) is 11.3 Å². The van der Waals surface area contributed by atoms with Crippen molar-refractivity contribution in [1.82, 2.24) is 9.62 Å². The van der Waals surface area contributed by atoms with Crippen molar-refractivity contribution >= 4 is 16.9 Å². The first-order chi connectivity index (χ1) is 6.61. The van der Waals surface area contributed by atoms with Gasteiger partial charge in [-0.1, -0.05) is 0 Å². The molecule has 2 aliphatic heterocycles. The normalized spacial score (nSPS) is 29.1. The number of nitrogens with zero attached hydrogens (tertiary/aromatic N) is 1. The van der Waals surface area contributed by atoms with Gasteiger partial charge >= 0.3 is 0 Å². The lowest BCUT2D eigenvalue weighted by molar-refractivity contribution is -0.119. The van der Waals surface area contributed by atoms with E-state index in [9.17, 15) is 9.00 Å². The van der Waals surface area contributed by atoms with Crippen molar-refractivity contribution in [2.45, 2.75) is 19.3 Å². The second kappa shape index (κ2) is 3.62. The molecule has 1 amide bonds. The maximum Gasteiger partial charge on any atom is 0.220 e. The molecule has 14 heavy (non-hydrogen) atoms. The van der Waals surface area contributed by atoms with Crippen LogP contribution in [0.1, 0.15) is 19.3 Å².